The fourth-order valence-corrected chi connectivity index (χ4v) is 4.24. The van der Waals surface area contributed by atoms with E-state index in [1.165, 1.54) is 0 Å². The number of H-pyrrole nitrogens is 1. The van der Waals surface area contributed by atoms with E-state index in [4.69, 9.17) is 10.2 Å². The number of hydrogen-bond acceptors (Lipinski definition) is 4. The lowest BCUT2D eigenvalue weighted by molar-refractivity contribution is -0.134. The van der Waals surface area contributed by atoms with Gasteiger partial charge in [-0.05, 0) is 37.1 Å². The normalized spacial score (nSPS) is 14.3. The van der Waals surface area contributed by atoms with Gasteiger partial charge in [0.05, 0.1) is 23.5 Å². The van der Waals surface area contributed by atoms with Crippen molar-refractivity contribution in [3.8, 4) is 6.07 Å². The van der Waals surface area contributed by atoms with Crippen molar-refractivity contribution in [1.29, 1.82) is 5.26 Å². The molecule has 1 aromatic heterocycles. The molecule has 164 valence electrons. The molecule has 2 aromatic carbocycles. The van der Waals surface area contributed by atoms with E-state index < -0.39 is 0 Å². The highest BCUT2D eigenvalue weighted by Gasteiger charge is 2.26. The number of piperidine rings is 1. The Balaban J connectivity index is 1.29. The zero-order valence-electron chi connectivity index (χ0n) is 18.0. The van der Waals surface area contributed by atoms with Gasteiger partial charge in [-0.2, -0.15) is 5.26 Å². The second kappa shape index (κ2) is 10.1. The van der Waals surface area contributed by atoms with E-state index >= 15 is 0 Å². The van der Waals surface area contributed by atoms with Crippen LogP contribution in [0.3, 0.4) is 0 Å². The Kier molecular flexibility index (Phi) is 6.81. The zero-order chi connectivity index (χ0) is 22.3. The van der Waals surface area contributed by atoms with E-state index in [9.17, 15) is 9.59 Å². The summed E-state index contributed by atoms with van der Waals surface area (Å²) < 4.78 is 0. The third-order valence-electron chi connectivity index (χ3n) is 6.01. The van der Waals surface area contributed by atoms with Crippen LogP contribution in [0.25, 0.3) is 11.0 Å². The third-order valence-corrected chi connectivity index (χ3v) is 6.01. The fourth-order valence-electron chi connectivity index (χ4n) is 4.24. The average molecular weight is 430 g/mol. The second-order valence-electron chi connectivity index (χ2n) is 8.08. The fraction of sp³-hybridized carbons (Fsp3) is 0.360. The number of anilines is 1. The molecule has 3 aromatic rings. The van der Waals surface area contributed by atoms with Gasteiger partial charge in [-0.3, -0.25) is 9.59 Å². The van der Waals surface area contributed by atoms with Gasteiger partial charge in [-0.25, -0.2) is 4.98 Å². The highest BCUT2D eigenvalue weighted by Crippen LogP contribution is 2.28. The van der Waals surface area contributed by atoms with Crippen LogP contribution in [-0.2, 0) is 9.59 Å². The highest BCUT2D eigenvalue weighted by atomic mass is 16.2. The summed E-state index contributed by atoms with van der Waals surface area (Å²) in [5.74, 6) is 1.18. The summed E-state index contributed by atoms with van der Waals surface area (Å²) in [4.78, 5) is 37.1. The summed E-state index contributed by atoms with van der Waals surface area (Å²) in [5.41, 5.74) is 2.77. The van der Waals surface area contributed by atoms with Crippen LogP contribution in [0.1, 0.15) is 43.8 Å². The smallest absolute Gasteiger partial charge is 0.227 e. The number of nitrogens with zero attached hydrogens (tertiary/aromatic N) is 4. The molecule has 7 heteroatoms. The van der Waals surface area contributed by atoms with Gasteiger partial charge < -0.3 is 14.8 Å². The van der Waals surface area contributed by atoms with E-state index in [-0.39, 0.29) is 31.1 Å². The number of hydrogen-bond donors (Lipinski definition) is 1. The molecule has 0 radical (unpaired) electrons. The summed E-state index contributed by atoms with van der Waals surface area (Å²) in [5, 5.41) is 8.92. The Hall–Kier alpha value is -3.66. The standard InChI is InChI=1S/C25H27N5O2/c26-15-6-16-30(20-7-2-1-3-8-20)24(32)12-11-23(31)29-17-13-19(14-18-29)25-27-21-9-4-5-10-22(21)28-25/h1-5,7-10,19H,6,11-14,16-18H2,(H,27,28). The Labute approximate surface area is 187 Å². The van der Waals surface area contributed by atoms with Crippen molar-refractivity contribution in [2.24, 2.45) is 0 Å². The van der Waals surface area contributed by atoms with Crippen molar-refractivity contribution in [2.75, 3.05) is 24.5 Å². The molecule has 1 N–H and O–H groups in total. The highest BCUT2D eigenvalue weighted by molar-refractivity contribution is 5.95. The molecular formula is C25H27N5O2. The van der Waals surface area contributed by atoms with Crippen LogP contribution in [0.2, 0.25) is 0 Å². The summed E-state index contributed by atoms with van der Waals surface area (Å²) in [6.45, 7) is 1.67. The third kappa shape index (κ3) is 4.97. The lowest BCUT2D eigenvalue weighted by atomic mass is 9.96. The molecule has 1 fully saturated rings. The summed E-state index contributed by atoms with van der Waals surface area (Å²) in [6.07, 6.45) is 2.30. The van der Waals surface area contributed by atoms with E-state index in [1.807, 2.05) is 59.5 Å². The lowest BCUT2D eigenvalue weighted by Crippen LogP contribution is -2.39. The number of nitrogens with one attached hydrogen (secondary N) is 1. The number of fused-ring (bicyclic) bond motifs is 1. The van der Waals surface area contributed by atoms with Gasteiger partial charge in [-0.1, -0.05) is 30.3 Å². The predicted octanol–water partition coefficient (Wildman–Crippen LogP) is 4.00. The van der Waals surface area contributed by atoms with Gasteiger partial charge in [0.25, 0.3) is 0 Å². The number of carbonyl (C=O) groups is 2. The van der Waals surface area contributed by atoms with Crippen molar-refractivity contribution in [2.45, 2.75) is 38.0 Å². The van der Waals surface area contributed by atoms with Gasteiger partial charge in [0.1, 0.15) is 5.82 Å². The maximum Gasteiger partial charge on any atom is 0.227 e. The molecule has 0 aliphatic carbocycles. The van der Waals surface area contributed by atoms with E-state index in [0.29, 0.717) is 25.6 Å². The van der Waals surface area contributed by atoms with Crippen LogP contribution in [0.4, 0.5) is 5.69 Å². The van der Waals surface area contributed by atoms with Crippen LogP contribution in [0, 0.1) is 11.3 Å². The largest absolute Gasteiger partial charge is 0.343 e. The van der Waals surface area contributed by atoms with Crippen LogP contribution in [0.5, 0.6) is 0 Å². The van der Waals surface area contributed by atoms with Crippen molar-refractivity contribution in [3.63, 3.8) is 0 Å². The number of aromatic nitrogens is 2. The monoisotopic (exact) mass is 429 g/mol. The van der Waals surface area contributed by atoms with Crippen LogP contribution in [-0.4, -0.2) is 46.3 Å². The number of likely N-dealkylation sites (tertiary alicyclic amines) is 1. The quantitative estimate of drug-likeness (QED) is 0.614. The topological polar surface area (TPSA) is 93.1 Å². The molecule has 1 saturated heterocycles. The Morgan fingerprint density at radius 3 is 2.50 bits per heavy atom. The first kappa shape index (κ1) is 21.6. The molecule has 1 aliphatic heterocycles. The Morgan fingerprint density at radius 1 is 1.06 bits per heavy atom. The van der Waals surface area contributed by atoms with Gasteiger partial charge >= 0.3 is 0 Å². The van der Waals surface area contributed by atoms with Gasteiger partial charge in [-0.15, -0.1) is 0 Å². The van der Waals surface area contributed by atoms with Gasteiger partial charge in [0.15, 0.2) is 0 Å². The van der Waals surface area contributed by atoms with E-state index in [2.05, 4.69) is 11.1 Å². The Bertz CT molecular complexity index is 1080. The number of benzene rings is 2. The Morgan fingerprint density at radius 2 is 1.78 bits per heavy atom. The SMILES string of the molecule is N#CCCN(C(=O)CCC(=O)N1CCC(c2nc3ccccc3[nH]2)CC1)c1ccccc1. The minimum Gasteiger partial charge on any atom is -0.343 e. The number of imidazole rings is 1. The minimum absolute atomic E-state index is 0.00898. The molecular weight excluding hydrogens is 402 g/mol. The number of carbonyl (C=O) groups excluding carboxylic acids is 2. The maximum atomic E-state index is 12.8. The second-order valence-corrected chi connectivity index (χ2v) is 8.08. The van der Waals surface area contributed by atoms with Crippen LogP contribution < -0.4 is 4.90 Å². The molecule has 4 rings (SSSR count). The van der Waals surface area contributed by atoms with E-state index in [1.54, 1.807) is 4.90 Å². The zero-order valence-corrected chi connectivity index (χ0v) is 18.0. The van der Waals surface area contributed by atoms with Crippen LogP contribution >= 0.6 is 0 Å². The molecule has 0 saturated carbocycles. The lowest BCUT2D eigenvalue weighted by Gasteiger charge is -2.31. The minimum atomic E-state index is -0.128. The molecule has 1 aliphatic rings. The first-order chi connectivity index (χ1) is 15.7. The molecule has 0 bridgehead atoms. The molecule has 0 unspecified atom stereocenters. The molecule has 32 heavy (non-hydrogen) atoms. The van der Waals surface area contributed by atoms with Crippen molar-refractivity contribution in [1.82, 2.24) is 14.9 Å². The maximum absolute atomic E-state index is 12.8. The van der Waals surface area contributed by atoms with Crippen molar-refractivity contribution in [3.05, 3.63) is 60.4 Å². The van der Waals surface area contributed by atoms with Crippen molar-refractivity contribution >= 4 is 28.5 Å². The summed E-state index contributed by atoms with van der Waals surface area (Å²) in [6, 6.07) is 19.4. The molecule has 7 nitrogen and oxygen atoms in total. The summed E-state index contributed by atoms with van der Waals surface area (Å²) >= 11 is 0. The number of nitriles is 1. The first-order valence-electron chi connectivity index (χ1n) is 11.1. The molecule has 2 amide bonds. The summed E-state index contributed by atoms with van der Waals surface area (Å²) in [7, 11) is 0. The first-order valence-corrected chi connectivity index (χ1v) is 11.1. The van der Waals surface area contributed by atoms with E-state index in [0.717, 1.165) is 35.4 Å². The van der Waals surface area contributed by atoms with Crippen LogP contribution in [0.15, 0.2) is 54.6 Å². The number of rotatable bonds is 7. The van der Waals surface area contributed by atoms with Gasteiger partial charge in [0, 0.05) is 44.1 Å². The molecule has 0 spiro atoms. The number of para-hydroxylation sites is 3. The number of aromatic amines is 1. The molecule has 0 atom stereocenters. The number of amides is 2. The average Bonchev–Trinajstić information content (AvgIpc) is 3.28. The molecule has 2 heterocycles. The van der Waals surface area contributed by atoms with Crippen molar-refractivity contribution < 1.29 is 9.59 Å². The van der Waals surface area contributed by atoms with Gasteiger partial charge in [0.2, 0.25) is 11.8 Å². The predicted molar refractivity (Wildman–Crippen MR) is 123 cm³/mol.